The van der Waals surface area contributed by atoms with Gasteiger partial charge in [-0.05, 0) is 49.6 Å². The van der Waals surface area contributed by atoms with Gasteiger partial charge in [-0.1, -0.05) is 119 Å². The fourth-order valence-electron chi connectivity index (χ4n) is 4.49. The van der Waals surface area contributed by atoms with Crippen LogP contribution in [-0.4, -0.2) is 16.2 Å². The van der Waals surface area contributed by atoms with E-state index in [1.54, 1.807) is 0 Å². The van der Waals surface area contributed by atoms with Crippen molar-refractivity contribution in [2.75, 3.05) is 0 Å². The molecule has 31 heavy (non-hydrogen) atoms. The van der Waals surface area contributed by atoms with Crippen LogP contribution >= 0.6 is 9.24 Å². The molecule has 0 fully saturated rings. The number of aliphatic carboxylic acids is 1. The summed E-state index contributed by atoms with van der Waals surface area (Å²) in [7, 11) is 3.35. The van der Waals surface area contributed by atoms with E-state index in [0.717, 1.165) is 31.6 Å². The van der Waals surface area contributed by atoms with Crippen molar-refractivity contribution >= 4 is 15.2 Å². The average molecular weight is 459 g/mol. The number of carboxylic acid groups (broad SMARTS) is 1. The number of carbonyl (C=O) groups is 1. The molecule has 0 heterocycles. The molecule has 0 aromatic carbocycles. The van der Waals surface area contributed by atoms with E-state index in [1.807, 2.05) is 6.92 Å². The molecule has 0 aromatic heterocycles. The Bertz CT molecular complexity index is 375. The third kappa shape index (κ3) is 18.1. The molecule has 0 rings (SSSR count). The van der Waals surface area contributed by atoms with Crippen LogP contribution in [0.2, 0.25) is 0 Å². The van der Waals surface area contributed by atoms with Crippen molar-refractivity contribution in [1.29, 1.82) is 0 Å². The molecular formula is C28H59O2P. The molecule has 3 heteroatoms. The van der Waals surface area contributed by atoms with Gasteiger partial charge >= 0.3 is 5.97 Å². The van der Waals surface area contributed by atoms with Gasteiger partial charge < -0.3 is 5.11 Å². The van der Waals surface area contributed by atoms with Gasteiger partial charge in [0.25, 0.3) is 0 Å². The largest absolute Gasteiger partial charge is 0.481 e. The molecule has 0 aliphatic carbocycles. The maximum absolute atomic E-state index is 10.4. The van der Waals surface area contributed by atoms with Gasteiger partial charge in [-0.25, -0.2) is 0 Å². The SMILES string of the molecule is CCCCC(CC)C(=O)O.CCCCCCC(CCCC)C(P)(CCCC)CCCC. The molecule has 3 unspecified atom stereocenters. The first-order chi connectivity index (χ1) is 14.9. The van der Waals surface area contributed by atoms with Gasteiger partial charge in [-0.3, -0.25) is 4.79 Å². The lowest BCUT2D eigenvalue weighted by atomic mass is 9.77. The van der Waals surface area contributed by atoms with Gasteiger partial charge in [-0.15, -0.1) is 9.24 Å². The molecule has 3 atom stereocenters. The Morgan fingerprint density at radius 2 is 1.13 bits per heavy atom. The first kappa shape index (κ1) is 33.1. The summed E-state index contributed by atoms with van der Waals surface area (Å²) in [6, 6.07) is 0. The third-order valence-corrected chi connectivity index (χ3v) is 7.91. The van der Waals surface area contributed by atoms with E-state index in [2.05, 4.69) is 43.9 Å². The van der Waals surface area contributed by atoms with E-state index in [9.17, 15) is 4.79 Å². The molecule has 0 amide bonds. The van der Waals surface area contributed by atoms with E-state index in [0.29, 0.717) is 5.16 Å². The van der Waals surface area contributed by atoms with Crippen molar-refractivity contribution in [1.82, 2.24) is 0 Å². The number of unbranched alkanes of at least 4 members (excludes halogenated alkanes) is 7. The normalized spacial score (nSPS) is 13.4. The fourth-order valence-corrected chi connectivity index (χ4v) is 5.23. The Morgan fingerprint density at radius 3 is 1.55 bits per heavy atom. The Hall–Kier alpha value is -0.100. The van der Waals surface area contributed by atoms with E-state index >= 15 is 0 Å². The van der Waals surface area contributed by atoms with Crippen LogP contribution in [0.25, 0.3) is 0 Å². The van der Waals surface area contributed by atoms with E-state index in [-0.39, 0.29) is 5.92 Å². The zero-order valence-electron chi connectivity index (χ0n) is 22.3. The summed E-state index contributed by atoms with van der Waals surface area (Å²) in [6.07, 6.45) is 23.5. The van der Waals surface area contributed by atoms with Gasteiger partial charge in [0, 0.05) is 0 Å². The standard InChI is InChI=1S/C20H43P.C8H16O2/c1-5-9-13-14-16-19(15-10-6-2)20(21,17-11-7-3)18-12-8-4;1-3-5-6-7(4-2)8(9)10/h19H,5-18,21H2,1-4H3;7H,3-6H2,1-2H3,(H,9,10). The maximum atomic E-state index is 10.4. The van der Waals surface area contributed by atoms with Crippen molar-refractivity contribution in [3.63, 3.8) is 0 Å². The summed E-state index contributed by atoms with van der Waals surface area (Å²) in [5, 5.41) is 9.13. The average Bonchev–Trinajstić information content (AvgIpc) is 2.76. The van der Waals surface area contributed by atoms with Gasteiger partial charge in [0.1, 0.15) is 0 Å². The highest BCUT2D eigenvalue weighted by atomic mass is 31.0. The summed E-state index contributed by atoms with van der Waals surface area (Å²) in [6.45, 7) is 13.3. The predicted octanol–water partition coefficient (Wildman–Crippen LogP) is 10.0. The van der Waals surface area contributed by atoms with E-state index in [1.165, 1.54) is 89.9 Å². The van der Waals surface area contributed by atoms with Crippen molar-refractivity contribution < 1.29 is 9.90 Å². The number of hydrogen-bond donors (Lipinski definition) is 1. The number of rotatable bonds is 20. The Labute approximate surface area is 199 Å². The van der Waals surface area contributed by atoms with Crippen LogP contribution in [0.15, 0.2) is 0 Å². The molecule has 1 N–H and O–H groups in total. The van der Waals surface area contributed by atoms with Crippen LogP contribution in [0.4, 0.5) is 0 Å². The maximum Gasteiger partial charge on any atom is 0.306 e. The summed E-state index contributed by atoms with van der Waals surface area (Å²) in [5.41, 5.74) is 0. The summed E-state index contributed by atoms with van der Waals surface area (Å²) in [5.74, 6) is 0.188. The lowest BCUT2D eigenvalue weighted by Crippen LogP contribution is -2.32. The summed E-state index contributed by atoms with van der Waals surface area (Å²) >= 11 is 0. The molecule has 0 radical (unpaired) electrons. The lowest BCUT2D eigenvalue weighted by Gasteiger charge is -2.39. The highest BCUT2D eigenvalue weighted by molar-refractivity contribution is 7.19. The van der Waals surface area contributed by atoms with Crippen LogP contribution in [-0.2, 0) is 4.79 Å². The molecular weight excluding hydrogens is 399 g/mol. The number of hydrogen-bond acceptors (Lipinski definition) is 1. The van der Waals surface area contributed by atoms with Crippen molar-refractivity contribution in [3.8, 4) is 0 Å². The zero-order chi connectivity index (χ0) is 24.0. The Kier molecular flexibility index (Phi) is 24.6. The molecule has 0 saturated carbocycles. The fraction of sp³-hybridized carbons (Fsp3) is 0.964. The Morgan fingerprint density at radius 1 is 0.677 bits per heavy atom. The molecule has 2 nitrogen and oxygen atoms in total. The van der Waals surface area contributed by atoms with Crippen molar-refractivity contribution in [2.45, 2.75) is 162 Å². The highest BCUT2D eigenvalue weighted by Gasteiger charge is 2.32. The first-order valence-electron chi connectivity index (χ1n) is 13.9. The molecule has 0 aliphatic rings. The molecule has 188 valence electrons. The second kappa shape index (κ2) is 23.1. The zero-order valence-corrected chi connectivity index (χ0v) is 23.5. The van der Waals surface area contributed by atoms with Gasteiger partial charge in [0.05, 0.1) is 5.92 Å². The molecule has 0 aliphatic heterocycles. The van der Waals surface area contributed by atoms with Gasteiger partial charge in [-0.2, -0.15) is 0 Å². The smallest absolute Gasteiger partial charge is 0.306 e. The third-order valence-electron chi connectivity index (χ3n) is 6.87. The first-order valence-corrected chi connectivity index (χ1v) is 14.5. The van der Waals surface area contributed by atoms with Crippen molar-refractivity contribution in [2.24, 2.45) is 11.8 Å². The topological polar surface area (TPSA) is 37.3 Å². The lowest BCUT2D eigenvalue weighted by molar-refractivity contribution is -0.142. The molecule has 0 spiro atoms. The van der Waals surface area contributed by atoms with Crippen molar-refractivity contribution in [3.05, 3.63) is 0 Å². The minimum absolute atomic E-state index is 0.111. The molecule has 0 aromatic rings. The molecule has 0 saturated heterocycles. The summed E-state index contributed by atoms with van der Waals surface area (Å²) in [4.78, 5) is 10.4. The second-order valence-electron chi connectivity index (χ2n) is 9.71. The second-order valence-corrected chi connectivity index (χ2v) is 10.9. The van der Waals surface area contributed by atoms with E-state index in [4.69, 9.17) is 5.11 Å². The minimum Gasteiger partial charge on any atom is -0.481 e. The number of carboxylic acids is 1. The molecule has 0 bridgehead atoms. The van der Waals surface area contributed by atoms with Gasteiger partial charge in [0.2, 0.25) is 0 Å². The van der Waals surface area contributed by atoms with Crippen LogP contribution in [0.5, 0.6) is 0 Å². The quantitative estimate of drug-likeness (QED) is 0.145. The van der Waals surface area contributed by atoms with E-state index < -0.39 is 5.97 Å². The Balaban J connectivity index is 0. The van der Waals surface area contributed by atoms with Gasteiger partial charge in [0.15, 0.2) is 0 Å². The predicted molar refractivity (Wildman–Crippen MR) is 144 cm³/mol. The summed E-state index contributed by atoms with van der Waals surface area (Å²) < 4.78 is 0. The van der Waals surface area contributed by atoms with Crippen LogP contribution in [0.1, 0.15) is 157 Å². The monoisotopic (exact) mass is 458 g/mol. The minimum atomic E-state index is -0.643. The van der Waals surface area contributed by atoms with Crippen LogP contribution in [0.3, 0.4) is 0 Å². The van der Waals surface area contributed by atoms with Crippen LogP contribution < -0.4 is 0 Å². The van der Waals surface area contributed by atoms with Crippen LogP contribution in [0, 0.1) is 11.8 Å². The highest BCUT2D eigenvalue weighted by Crippen LogP contribution is 2.43.